The Kier molecular flexibility index (Phi) is 3.27. The number of benzene rings is 1. The number of hydrogen-bond donors (Lipinski definition) is 1. The Morgan fingerprint density at radius 1 is 1.40 bits per heavy atom. The molecule has 0 bridgehead atoms. The summed E-state index contributed by atoms with van der Waals surface area (Å²) < 4.78 is 24.2. The van der Waals surface area contributed by atoms with Gasteiger partial charge in [0.1, 0.15) is 12.4 Å². The van der Waals surface area contributed by atoms with Gasteiger partial charge in [0.2, 0.25) is 5.82 Å². The summed E-state index contributed by atoms with van der Waals surface area (Å²) in [5.74, 6) is 0.466. The van der Waals surface area contributed by atoms with Crippen LogP contribution in [-0.4, -0.2) is 28.8 Å². The van der Waals surface area contributed by atoms with Gasteiger partial charge in [-0.3, -0.25) is 0 Å². The molecule has 0 atom stereocenters. The van der Waals surface area contributed by atoms with Gasteiger partial charge in [0, 0.05) is 18.7 Å². The second-order valence-corrected chi connectivity index (χ2v) is 5.37. The molecule has 0 spiro atoms. The van der Waals surface area contributed by atoms with Crippen molar-refractivity contribution in [3.63, 3.8) is 0 Å². The SMILES string of the molecule is Cc1cc(F)cc(-c2noc(COC3(C)CNC3)n2)c1. The molecule has 0 aliphatic carbocycles. The van der Waals surface area contributed by atoms with Crippen molar-refractivity contribution in [1.82, 2.24) is 15.5 Å². The zero-order valence-corrected chi connectivity index (χ0v) is 11.4. The van der Waals surface area contributed by atoms with Crippen molar-refractivity contribution in [2.24, 2.45) is 0 Å². The van der Waals surface area contributed by atoms with E-state index < -0.39 is 0 Å². The molecule has 6 heteroatoms. The number of hydrogen-bond acceptors (Lipinski definition) is 5. The summed E-state index contributed by atoms with van der Waals surface area (Å²) in [5.41, 5.74) is 1.26. The van der Waals surface area contributed by atoms with Gasteiger partial charge >= 0.3 is 0 Å². The van der Waals surface area contributed by atoms with Gasteiger partial charge < -0.3 is 14.6 Å². The first-order valence-corrected chi connectivity index (χ1v) is 6.49. The number of aromatic nitrogens is 2. The van der Waals surface area contributed by atoms with E-state index in [1.807, 2.05) is 19.9 Å². The van der Waals surface area contributed by atoms with Crippen LogP contribution in [0.1, 0.15) is 18.4 Å². The maximum Gasteiger partial charge on any atom is 0.252 e. The molecular formula is C14H16FN3O2. The van der Waals surface area contributed by atoms with Crippen LogP contribution in [0.2, 0.25) is 0 Å². The molecule has 1 aromatic heterocycles. The molecule has 1 N–H and O–H groups in total. The molecule has 0 radical (unpaired) electrons. The van der Waals surface area contributed by atoms with Crippen LogP contribution in [0.5, 0.6) is 0 Å². The first-order chi connectivity index (χ1) is 9.54. The fraction of sp³-hybridized carbons (Fsp3) is 0.429. The van der Waals surface area contributed by atoms with E-state index >= 15 is 0 Å². The molecule has 2 aromatic rings. The van der Waals surface area contributed by atoms with Crippen LogP contribution in [0.3, 0.4) is 0 Å². The van der Waals surface area contributed by atoms with Crippen LogP contribution in [0.4, 0.5) is 4.39 Å². The van der Waals surface area contributed by atoms with Crippen molar-refractivity contribution in [2.75, 3.05) is 13.1 Å². The molecule has 1 saturated heterocycles. The van der Waals surface area contributed by atoms with Crippen LogP contribution in [-0.2, 0) is 11.3 Å². The van der Waals surface area contributed by atoms with Crippen LogP contribution >= 0.6 is 0 Å². The summed E-state index contributed by atoms with van der Waals surface area (Å²) in [6.07, 6.45) is 0. The zero-order chi connectivity index (χ0) is 14.2. The molecule has 3 rings (SSSR count). The van der Waals surface area contributed by atoms with Crippen molar-refractivity contribution in [2.45, 2.75) is 26.1 Å². The van der Waals surface area contributed by atoms with E-state index in [2.05, 4.69) is 15.5 Å². The second-order valence-electron chi connectivity index (χ2n) is 5.37. The topological polar surface area (TPSA) is 60.2 Å². The van der Waals surface area contributed by atoms with Gasteiger partial charge in [-0.15, -0.1) is 0 Å². The lowest BCUT2D eigenvalue weighted by atomic mass is 10.0. The summed E-state index contributed by atoms with van der Waals surface area (Å²) in [4.78, 5) is 4.23. The molecule has 1 aliphatic rings. The zero-order valence-electron chi connectivity index (χ0n) is 11.4. The normalized spacial score (nSPS) is 16.9. The Hall–Kier alpha value is -1.79. The van der Waals surface area contributed by atoms with Gasteiger partial charge in [0.25, 0.3) is 5.89 Å². The number of rotatable bonds is 4. The number of nitrogens with zero attached hydrogens (tertiary/aromatic N) is 2. The van der Waals surface area contributed by atoms with E-state index in [1.54, 1.807) is 0 Å². The summed E-state index contributed by atoms with van der Waals surface area (Å²) in [6, 6.07) is 4.66. The first-order valence-electron chi connectivity index (χ1n) is 6.49. The first kappa shape index (κ1) is 13.2. The quantitative estimate of drug-likeness (QED) is 0.927. The molecule has 106 valence electrons. The summed E-state index contributed by atoms with van der Waals surface area (Å²) in [7, 11) is 0. The number of ether oxygens (including phenoxy) is 1. The van der Waals surface area contributed by atoms with E-state index in [9.17, 15) is 4.39 Å². The third-order valence-corrected chi connectivity index (χ3v) is 3.31. The van der Waals surface area contributed by atoms with E-state index in [-0.39, 0.29) is 18.0 Å². The predicted octanol–water partition coefficient (Wildman–Crippen LogP) is 2.06. The smallest absolute Gasteiger partial charge is 0.252 e. The summed E-state index contributed by atoms with van der Waals surface area (Å²) >= 11 is 0. The van der Waals surface area contributed by atoms with Crippen molar-refractivity contribution >= 4 is 0 Å². The van der Waals surface area contributed by atoms with E-state index in [0.717, 1.165) is 18.7 Å². The largest absolute Gasteiger partial charge is 0.363 e. The minimum Gasteiger partial charge on any atom is -0.363 e. The average Bonchev–Trinajstić information content (AvgIpc) is 2.81. The van der Waals surface area contributed by atoms with Crippen molar-refractivity contribution in [3.05, 3.63) is 35.5 Å². The lowest BCUT2D eigenvalue weighted by molar-refractivity contribution is -0.0841. The van der Waals surface area contributed by atoms with Gasteiger partial charge in [-0.25, -0.2) is 4.39 Å². The number of aryl methyl sites for hydroxylation is 1. The van der Waals surface area contributed by atoms with Gasteiger partial charge in [0.15, 0.2) is 0 Å². The Labute approximate surface area is 116 Å². The van der Waals surface area contributed by atoms with Crippen molar-refractivity contribution < 1.29 is 13.7 Å². The highest BCUT2D eigenvalue weighted by Gasteiger charge is 2.33. The second kappa shape index (κ2) is 4.96. The van der Waals surface area contributed by atoms with Crippen LogP contribution in [0, 0.1) is 12.7 Å². The van der Waals surface area contributed by atoms with E-state index in [4.69, 9.17) is 9.26 Å². The van der Waals surface area contributed by atoms with Gasteiger partial charge in [-0.2, -0.15) is 4.98 Å². The highest BCUT2D eigenvalue weighted by Crippen LogP contribution is 2.21. The highest BCUT2D eigenvalue weighted by molar-refractivity contribution is 5.55. The molecule has 20 heavy (non-hydrogen) atoms. The van der Waals surface area contributed by atoms with Crippen LogP contribution < -0.4 is 5.32 Å². The molecule has 1 fully saturated rings. The van der Waals surface area contributed by atoms with Gasteiger partial charge in [-0.1, -0.05) is 5.16 Å². The molecule has 0 saturated carbocycles. The molecule has 1 aliphatic heterocycles. The molecule has 0 amide bonds. The number of halogens is 1. The Morgan fingerprint density at radius 2 is 2.20 bits per heavy atom. The molecule has 2 heterocycles. The van der Waals surface area contributed by atoms with Crippen molar-refractivity contribution in [3.8, 4) is 11.4 Å². The summed E-state index contributed by atoms with van der Waals surface area (Å²) in [5, 5.41) is 7.01. The predicted molar refractivity (Wildman–Crippen MR) is 70.5 cm³/mol. The molecular weight excluding hydrogens is 261 g/mol. The maximum atomic E-state index is 13.4. The average molecular weight is 277 g/mol. The molecule has 1 aromatic carbocycles. The summed E-state index contributed by atoms with van der Waals surface area (Å²) in [6.45, 7) is 5.74. The fourth-order valence-corrected chi connectivity index (χ4v) is 2.11. The lowest BCUT2D eigenvalue weighted by Gasteiger charge is -2.38. The minimum absolute atomic E-state index is 0.163. The standard InChI is InChI=1S/C14H16FN3O2/c1-9-3-10(5-11(15)4-9)13-17-12(20-18-13)6-19-14(2)7-16-8-14/h3-5,16H,6-8H2,1-2H3. The number of nitrogens with one attached hydrogen (secondary N) is 1. The Balaban J connectivity index is 1.72. The fourth-order valence-electron chi connectivity index (χ4n) is 2.11. The monoisotopic (exact) mass is 277 g/mol. The van der Waals surface area contributed by atoms with Gasteiger partial charge in [0.05, 0.1) is 5.60 Å². The van der Waals surface area contributed by atoms with E-state index in [0.29, 0.717) is 17.3 Å². The van der Waals surface area contributed by atoms with E-state index in [1.165, 1.54) is 12.1 Å². The minimum atomic E-state index is -0.310. The molecule has 5 nitrogen and oxygen atoms in total. The van der Waals surface area contributed by atoms with Crippen LogP contribution in [0.15, 0.2) is 22.7 Å². The van der Waals surface area contributed by atoms with Crippen LogP contribution in [0.25, 0.3) is 11.4 Å². The highest BCUT2D eigenvalue weighted by atomic mass is 19.1. The maximum absolute atomic E-state index is 13.4. The Morgan fingerprint density at radius 3 is 2.85 bits per heavy atom. The third kappa shape index (κ3) is 2.71. The third-order valence-electron chi connectivity index (χ3n) is 3.31. The Bertz CT molecular complexity index is 602. The van der Waals surface area contributed by atoms with Gasteiger partial charge in [-0.05, 0) is 37.6 Å². The van der Waals surface area contributed by atoms with Crippen molar-refractivity contribution in [1.29, 1.82) is 0 Å². The lowest BCUT2D eigenvalue weighted by Crippen LogP contribution is -2.58. The molecule has 0 unspecified atom stereocenters.